The highest BCUT2D eigenvalue weighted by Gasteiger charge is 2.21. The van der Waals surface area contributed by atoms with Gasteiger partial charge in [0.15, 0.2) is 17.3 Å². The van der Waals surface area contributed by atoms with Gasteiger partial charge in [-0.2, -0.15) is 0 Å². The van der Waals surface area contributed by atoms with Gasteiger partial charge in [0.25, 0.3) is 5.91 Å². The average Bonchev–Trinajstić information content (AvgIpc) is 2.95. The van der Waals surface area contributed by atoms with E-state index in [0.29, 0.717) is 54.2 Å². The predicted octanol–water partition coefficient (Wildman–Crippen LogP) is 2.99. The highest BCUT2D eigenvalue weighted by atomic mass is 35.5. The lowest BCUT2D eigenvalue weighted by Gasteiger charge is -2.29. The lowest BCUT2D eigenvalue weighted by molar-refractivity contribution is 0.102. The third-order valence-corrected chi connectivity index (χ3v) is 4.69. The molecule has 8 heteroatoms. The molecule has 1 amide bonds. The van der Waals surface area contributed by atoms with Crippen molar-refractivity contribution in [1.82, 2.24) is 4.98 Å². The van der Waals surface area contributed by atoms with Crippen molar-refractivity contribution in [3.05, 3.63) is 41.0 Å². The summed E-state index contributed by atoms with van der Waals surface area (Å²) in [5.41, 5.74) is 1.05. The molecule has 1 N–H and O–H groups in total. The van der Waals surface area contributed by atoms with Gasteiger partial charge in [0.05, 0.1) is 37.1 Å². The lowest BCUT2D eigenvalue weighted by atomic mass is 10.1. The molecule has 2 aromatic rings. The lowest BCUT2D eigenvalue weighted by Crippen LogP contribution is -2.37. The number of anilines is 2. The molecular weight excluding hydrogens is 370 g/mol. The van der Waals surface area contributed by atoms with Gasteiger partial charge in [-0.1, -0.05) is 11.6 Å². The number of morpholine rings is 1. The van der Waals surface area contributed by atoms with Crippen LogP contribution in [-0.4, -0.2) is 50.4 Å². The van der Waals surface area contributed by atoms with Gasteiger partial charge in [-0.3, -0.25) is 4.79 Å². The number of carbonyl (C=O) groups is 1. The molecule has 142 valence electrons. The fraction of sp³-hybridized carbons (Fsp3) is 0.368. The molecule has 27 heavy (non-hydrogen) atoms. The molecule has 0 unspecified atom stereocenters. The standard InChI is InChI=1S/C19H20ClN3O4/c20-14-11-13(12-16-17(14)27-8-2-7-26-16)19(24)22-15-3-1-4-21-18(15)23-5-9-25-10-6-23/h1,3-4,11-12H,2,5-10H2,(H,22,24). The smallest absolute Gasteiger partial charge is 0.255 e. The van der Waals surface area contributed by atoms with Gasteiger partial charge in [-0.15, -0.1) is 0 Å². The van der Waals surface area contributed by atoms with Gasteiger partial charge in [0, 0.05) is 31.3 Å². The third kappa shape index (κ3) is 3.94. The van der Waals surface area contributed by atoms with Crippen LogP contribution in [0.3, 0.4) is 0 Å². The molecule has 4 rings (SSSR count). The number of amides is 1. The maximum Gasteiger partial charge on any atom is 0.255 e. The van der Waals surface area contributed by atoms with Crippen LogP contribution in [0.2, 0.25) is 5.02 Å². The molecule has 3 heterocycles. The summed E-state index contributed by atoms with van der Waals surface area (Å²) in [6.07, 6.45) is 2.48. The van der Waals surface area contributed by atoms with Crippen molar-refractivity contribution in [2.75, 3.05) is 49.7 Å². The minimum Gasteiger partial charge on any atom is -0.489 e. The number of carbonyl (C=O) groups excluding carboxylic acids is 1. The Labute approximate surface area is 162 Å². The Hall–Kier alpha value is -2.51. The van der Waals surface area contributed by atoms with Gasteiger partial charge in [0.1, 0.15) is 0 Å². The van der Waals surface area contributed by atoms with Gasteiger partial charge in [0.2, 0.25) is 0 Å². The van der Waals surface area contributed by atoms with Crippen LogP contribution in [-0.2, 0) is 4.74 Å². The van der Waals surface area contributed by atoms with Crippen molar-refractivity contribution in [1.29, 1.82) is 0 Å². The first-order valence-electron chi connectivity index (χ1n) is 8.90. The predicted molar refractivity (Wildman–Crippen MR) is 102 cm³/mol. The molecule has 1 aromatic carbocycles. The van der Waals surface area contributed by atoms with E-state index < -0.39 is 0 Å². The molecule has 0 saturated carbocycles. The largest absolute Gasteiger partial charge is 0.489 e. The average molecular weight is 390 g/mol. The second-order valence-corrected chi connectivity index (χ2v) is 6.67. The molecule has 7 nitrogen and oxygen atoms in total. The number of nitrogens with one attached hydrogen (secondary N) is 1. The molecule has 0 bridgehead atoms. The summed E-state index contributed by atoms with van der Waals surface area (Å²) in [7, 11) is 0. The number of hydrogen-bond donors (Lipinski definition) is 1. The number of pyridine rings is 1. The van der Waals surface area contributed by atoms with E-state index >= 15 is 0 Å². The van der Waals surface area contributed by atoms with Crippen LogP contribution in [0.1, 0.15) is 16.8 Å². The van der Waals surface area contributed by atoms with E-state index in [1.54, 1.807) is 24.4 Å². The molecule has 0 aliphatic carbocycles. The normalized spacial score (nSPS) is 16.6. The van der Waals surface area contributed by atoms with Crippen LogP contribution in [0.15, 0.2) is 30.5 Å². The zero-order valence-corrected chi connectivity index (χ0v) is 15.5. The van der Waals surface area contributed by atoms with Crippen molar-refractivity contribution < 1.29 is 19.0 Å². The van der Waals surface area contributed by atoms with Crippen molar-refractivity contribution in [3.8, 4) is 11.5 Å². The van der Waals surface area contributed by atoms with Crippen LogP contribution in [0.25, 0.3) is 0 Å². The molecule has 2 aliphatic heterocycles. The van der Waals surface area contributed by atoms with Crippen molar-refractivity contribution >= 4 is 29.0 Å². The molecule has 0 radical (unpaired) electrons. The number of benzene rings is 1. The summed E-state index contributed by atoms with van der Waals surface area (Å²) in [4.78, 5) is 19.4. The van der Waals surface area contributed by atoms with Crippen molar-refractivity contribution in [2.45, 2.75) is 6.42 Å². The fourth-order valence-corrected chi connectivity index (χ4v) is 3.34. The molecule has 0 spiro atoms. The van der Waals surface area contributed by atoms with Gasteiger partial charge in [-0.25, -0.2) is 4.98 Å². The summed E-state index contributed by atoms with van der Waals surface area (Å²) >= 11 is 6.30. The molecule has 0 atom stereocenters. The Bertz CT molecular complexity index is 840. The van der Waals surface area contributed by atoms with Crippen LogP contribution in [0.4, 0.5) is 11.5 Å². The number of fused-ring (bicyclic) bond motifs is 1. The zero-order valence-electron chi connectivity index (χ0n) is 14.7. The Morgan fingerprint density at radius 1 is 1.15 bits per heavy atom. The molecule has 1 fully saturated rings. The Morgan fingerprint density at radius 3 is 2.81 bits per heavy atom. The summed E-state index contributed by atoms with van der Waals surface area (Å²) in [6.45, 7) is 3.81. The summed E-state index contributed by atoms with van der Waals surface area (Å²) in [6, 6.07) is 6.88. The highest BCUT2D eigenvalue weighted by Crippen LogP contribution is 2.38. The van der Waals surface area contributed by atoms with Crippen molar-refractivity contribution in [2.24, 2.45) is 0 Å². The van der Waals surface area contributed by atoms with Gasteiger partial charge >= 0.3 is 0 Å². The monoisotopic (exact) mass is 389 g/mol. The zero-order chi connectivity index (χ0) is 18.6. The second-order valence-electron chi connectivity index (χ2n) is 6.26. The van der Waals surface area contributed by atoms with Crippen LogP contribution in [0.5, 0.6) is 11.5 Å². The first kappa shape index (κ1) is 17.9. The van der Waals surface area contributed by atoms with Crippen molar-refractivity contribution in [3.63, 3.8) is 0 Å². The quantitative estimate of drug-likeness (QED) is 0.870. The van der Waals surface area contributed by atoms with Crippen LogP contribution >= 0.6 is 11.6 Å². The fourth-order valence-electron chi connectivity index (χ4n) is 3.08. The van der Waals surface area contributed by atoms with Crippen LogP contribution in [0, 0.1) is 0 Å². The van der Waals surface area contributed by atoms with Gasteiger partial charge < -0.3 is 24.4 Å². The molecule has 1 saturated heterocycles. The van der Waals surface area contributed by atoms with E-state index in [4.69, 9.17) is 25.8 Å². The number of rotatable bonds is 3. The topological polar surface area (TPSA) is 72.9 Å². The maximum absolute atomic E-state index is 12.8. The van der Waals surface area contributed by atoms with Crippen LogP contribution < -0.4 is 19.7 Å². The number of hydrogen-bond acceptors (Lipinski definition) is 6. The minimum atomic E-state index is -0.282. The van der Waals surface area contributed by atoms with E-state index in [0.717, 1.165) is 25.3 Å². The Kier molecular flexibility index (Phi) is 5.31. The van der Waals surface area contributed by atoms with E-state index in [9.17, 15) is 4.79 Å². The van der Waals surface area contributed by atoms with E-state index in [1.165, 1.54) is 0 Å². The first-order valence-corrected chi connectivity index (χ1v) is 9.28. The summed E-state index contributed by atoms with van der Waals surface area (Å²) in [5.74, 6) is 1.43. The number of ether oxygens (including phenoxy) is 3. The molecule has 2 aliphatic rings. The maximum atomic E-state index is 12.8. The number of halogens is 1. The van der Waals surface area contributed by atoms with Gasteiger partial charge in [-0.05, 0) is 24.3 Å². The first-order chi connectivity index (χ1) is 13.2. The highest BCUT2D eigenvalue weighted by molar-refractivity contribution is 6.32. The SMILES string of the molecule is O=C(Nc1cccnc1N1CCOCC1)c1cc(Cl)c2c(c1)OCCCO2. The summed E-state index contributed by atoms with van der Waals surface area (Å²) < 4.78 is 16.7. The Balaban J connectivity index is 1.58. The van der Waals surface area contributed by atoms with E-state index in [2.05, 4.69) is 15.2 Å². The second kappa shape index (κ2) is 8.02. The Morgan fingerprint density at radius 2 is 1.96 bits per heavy atom. The summed E-state index contributed by atoms with van der Waals surface area (Å²) in [5, 5.41) is 3.30. The van der Waals surface area contributed by atoms with E-state index in [1.807, 2.05) is 6.07 Å². The molecular formula is C19H20ClN3O4. The number of aromatic nitrogens is 1. The number of nitrogens with zero attached hydrogens (tertiary/aromatic N) is 2. The third-order valence-electron chi connectivity index (χ3n) is 4.41. The van der Waals surface area contributed by atoms with E-state index in [-0.39, 0.29) is 5.91 Å². The molecule has 1 aromatic heterocycles. The minimum absolute atomic E-state index is 0.282.